The summed E-state index contributed by atoms with van der Waals surface area (Å²) in [6.07, 6.45) is -0.380. The van der Waals surface area contributed by atoms with Crippen molar-refractivity contribution in [2.75, 3.05) is 0 Å². The van der Waals surface area contributed by atoms with E-state index in [1.54, 1.807) is 0 Å². The zero-order chi connectivity index (χ0) is 7.44. The number of Topliss-reactive ketones (excluding diaryl/α,β-unsaturated/α-hetero) is 2. The van der Waals surface area contributed by atoms with Crippen LogP contribution in [0.2, 0.25) is 0 Å². The Hall–Kier alpha value is -1.19. The Balaban J connectivity index is 3.79. The molecule has 0 aliphatic rings. The highest BCUT2D eigenvalue weighted by molar-refractivity contribution is 6.38. The van der Waals surface area contributed by atoms with Crippen molar-refractivity contribution >= 4 is 17.5 Å². The van der Waals surface area contributed by atoms with Crippen LogP contribution in [-0.2, 0) is 14.4 Å². The Bertz CT molecular complexity index is 162. The molecule has 0 bridgehead atoms. The van der Waals surface area contributed by atoms with Gasteiger partial charge in [-0.1, -0.05) is 0 Å². The first-order chi connectivity index (χ1) is 4.04. The second-order valence-electron chi connectivity index (χ2n) is 1.67. The minimum atomic E-state index is -1.05. The molecule has 4 nitrogen and oxygen atoms in total. The Morgan fingerprint density at radius 1 is 1.33 bits per heavy atom. The summed E-state index contributed by atoms with van der Waals surface area (Å²) >= 11 is 0. The lowest BCUT2D eigenvalue weighted by atomic mass is 10.2. The summed E-state index contributed by atoms with van der Waals surface area (Å²) in [5.41, 5.74) is 4.54. The quantitative estimate of drug-likeness (QED) is 0.393. The maximum Gasteiger partial charge on any atom is 0.285 e. The van der Waals surface area contributed by atoms with Crippen molar-refractivity contribution in [2.24, 2.45) is 5.73 Å². The van der Waals surface area contributed by atoms with Gasteiger partial charge in [-0.3, -0.25) is 14.4 Å². The third-order valence-corrected chi connectivity index (χ3v) is 0.684. The smallest absolute Gasteiger partial charge is 0.285 e. The lowest BCUT2D eigenvalue weighted by molar-refractivity contribution is -0.138. The second kappa shape index (κ2) is 2.96. The number of primary amides is 1. The molecule has 0 aliphatic heterocycles. The lowest BCUT2D eigenvalue weighted by Gasteiger charge is -1.87. The van der Waals surface area contributed by atoms with Crippen LogP contribution in [0.25, 0.3) is 0 Å². The molecule has 0 aliphatic carbocycles. The van der Waals surface area contributed by atoms with Crippen LogP contribution in [0.4, 0.5) is 0 Å². The highest BCUT2D eigenvalue weighted by Crippen LogP contribution is 1.82. The van der Waals surface area contributed by atoms with Gasteiger partial charge in [0.1, 0.15) is 5.78 Å². The van der Waals surface area contributed by atoms with Crippen LogP contribution in [0.3, 0.4) is 0 Å². The molecule has 0 saturated heterocycles. The third-order valence-electron chi connectivity index (χ3n) is 0.684. The highest BCUT2D eigenvalue weighted by Gasteiger charge is 2.10. The molecule has 2 N–H and O–H groups in total. The van der Waals surface area contributed by atoms with Crippen molar-refractivity contribution in [3.8, 4) is 0 Å². The summed E-state index contributed by atoms with van der Waals surface area (Å²) in [6, 6.07) is 0. The summed E-state index contributed by atoms with van der Waals surface area (Å²) in [5.74, 6) is -2.23. The number of hydrogen-bond donors (Lipinski definition) is 1. The van der Waals surface area contributed by atoms with Crippen molar-refractivity contribution in [1.82, 2.24) is 0 Å². The van der Waals surface area contributed by atoms with E-state index in [0.717, 1.165) is 0 Å². The van der Waals surface area contributed by atoms with Crippen molar-refractivity contribution in [3.63, 3.8) is 0 Å². The standard InChI is InChI=1S/C5H7NO3/c1-3(7)2-4(8)5(6)9/h2H2,1H3,(H2,6,9). The van der Waals surface area contributed by atoms with Crippen molar-refractivity contribution in [2.45, 2.75) is 13.3 Å². The molecule has 0 fully saturated rings. The zero-order valence-electron chi connectivity index (χ0n) is 5.01. The Morgan fingerprint density at radius 3 is 1.89 bits per heavy atom. The van der Waals surface area contributed by atoms with Gasteiger partial charge in [0.2, 0.25) is 5.78 Å². The zero-order valence-corrected chi connectivity index (χ0v) is 5.01. The molecule has 1 amide bonds. The SMILES string of the molecule is CC(=O)CC(=O)C(N)=O. The Labute approximate surface area is 52.0 Å². The Kier molecular flexibility index (Phi) is 2.57. The molecule has 0 aromatic heterocycles. The van der Waals surface area contributed by atoms with Crippen molar-refractivity contribution in [1.29, 1.82) is 0 Å². The van der Waals surface area contributed by atoms with Crippen LogP contribution in [0, 0.1) is 0 Å². The summed E-state index contributed by atoms with van der Waals surface area (Å²) in [4.78, 5) is 30.3. The molecular formula is C5H7NO3. The predicted molar refractivity (Wildman–Crippen MR) is 29.5 cm³/mol. The third kappa shape index (κ3) is 3.40. The summed E-state index contributed by atoms with van der Waals surface area (Å²) in [7, 11) is 0. The molecule has 0 aromatic rings. The maximum absolute atomic E-state index is 10.3. The van der Waals surface area contributed by atoms with Gasteiger partial charge in [0.15, 0.2) is 0 Å². The summed E-state index contributed by atoms with van der Waals surface area (Å²) in [5, 5.41) is 0. The van der Waals surface area contributed by atoms with Gasteiger partial charge < -0.3 is 5.73 Å². The fourth-order valence-electron chi connectivity index (χ4n) is 0.313. The van der Waals surface area contributed by atoms with Gasteiger partial charge in [-0.05, 0) is 6.92 Å². The minimum absolute atomic E-state index is 0.348. The van der Waals surface area contributed by atoms with E-state index in [1.807, 2.05) is 0 Å². The predicted octanol–water partition coefficient (Wildman–Crippen LogP) is -0.980. The van der Waals surface area contributed by atoms with Crippen LogP contribution < -0.4 is 5.73 Å². The van der Waals surface area contributed by atoms with Gasteiger partial charge in [-0.15, -0.1) is 0 Å². The normalized spacial score (nSPS) is 8.56. The van der Waals surface area contributed by atoms with Crippen LogP contribution in [0.15, 0.2) is 0 Å². The summed E-state index contributed by atoms with van der Waals surface area (Å²) < 4.78 is 0. The van der Waals surface area contributed by atoms with Gasteiger partial charge >= 0.3 is 0 Å². The van der Waals surface area contributed by atoms with E-state index in [-0.39, 0.29) is 12.2 Å². The van der Waals surface area contributed by atoms with Crippen LogP contribution in [0.5, 0.6) is 0 Å². The topological polar surface area (TPSA) is 77.2 Å². The van der Waals surface area contributed by atoms with Crippen LogP contribution >= 0.6 is 0 Å². The molecule has 0 heterocycles. The highest BCUT2D eigenvalue weighted by atomic mass is 16.2. The molecule has 9 heavy (non-hydrogen) atoms. The number of hydrogen-bond acceptors (Lipinski definition) is 3. The van der Waals surface area contributed by atoms with E-state index in [0.29, 0.717) is 0 Å². The van der Waals surface area contributed by atoms with E-state index >= 15 is 0 Å². The molecule has 0 rings (SSSR count). The number of amides is 1. The molecule has 0 spiro atoms. The Morgan fingerprint density at radius 2 is 1.78 bits per heavy atom. The number of ketones is 2. The molecule has 0 atom stereocenters. The second-order valence-corrected chi connectivity index (χ2v) is 1.67. The molecule has 4 heteroatoms. The van der Waals surface area contributed by atoms with Gasteiger partial charge in [0, 0.05) is 0 Å². The van der Waals surface area contributed by atoms with Gasteiger partial charge in [0.25, 0.3) is 5.91 Å². The molecule has 0 saturated carbocycles. The molecule has 50 valence electrons. The number of carbonyl (C=O) groups is 3. The van der Waals surface area contributed by atoms with Gasteiger partial charge in [0.05, 0.1) is 6.42 Å². The lowest BCUT2D eigenvalue weighted by Crippen LogP contribution is -2.24. The van der Waals surface area contributed by atoms with E-state index in [1.165, 1.54) is 6.92 Å². The van der Waals surface area contributed by atoms with Crippen LogP contribution in [0.1, 0.15) is 13.3 Å². The van der Waals surface area contributed by atoms with Crippen LogP contribution in [-0.4, -0.2) is 17.5 Å². The molecule has 0 unspecified atom stereocenters. The molecule has 0 radical (unpaired) electrons. The fraction of sp³-hybridized carbons (Fsp3) is 0.400. The van der Waals surface area contributed by atoms with E-state index in [4.69, 9.17) is 0 Å². The number of rotatable bonds is 3. The number of carbonyl (C=O) groups excluding carboxylic acids is 3. The first-order valence-corrected chi connectivity index (χ1v) is 2.36. The van der Waals surface area contributed by atoms with E-state index in [9.17, 15) is 14.4 Å². The number of nitrogens with two attached hydrogens (primary N) is 1. The first-order valence-electron chi connectivity index (χ1n) is 2.36. The van der Waals surface area contributed by atoms with Crippen molar-refractivity contribution in [3.05, 3.63) is 0 Å². The maximum atomic E-state index is 10.3. The first kappa shape index (κ1) is 7.81. The van der Waals surface area contributed by atoms with Gasteiger partial charge in [-0.2, -0.15) is 0 Å². The van der Waals surface area contributed by atoms with E-state index in [2.05, 4.69) is 5.73 Å². The van der Waals surface area contributed by atoms with Crippen molar-refractivity contribution < 1.29 is 14.4 Å². The van der Waals surface area contributed by atoms with E-state index < -0.39 is 11.7 Å². The fourth-order valence-corrected chi connectivity index (χ4v) is 0.313. The average Bonchev–Trinajstić information content (AvgIpc) is 1.63. The minimum Gasteiger partial charge on any atom is -0.363 e. The largest absolute Gasteiger partial charge is 0.363 e. The summed E-state index contributed by atoms with van der Waals surface area (Å²) in [6.45, 7) is 1.22. The molecular weight excluding hydrogens is 122 g/mol. The average molecular weight is 129 g/mol. The monoisotopic (exact) mass is 129 g/mol. The molecule has 0 aromatic carbocycles. The van der Waals surface area contributed by atoms with Gasteiger partial charge in [-0.25, -0.2) is 0 Å².